The van der Waals surface area contributed by atoms with Gasteiger partial charge in [0.1, 0.15) is 17.9 Å². The normalized spacial score (nSPS) is 29.2. The molecule has 1 unspecified atom stereocenters. The van der Waals surface area contributed by atoms with Crippen molar-refractivity contribution in [3.8, 4) is 0 Å². The molecule has 3 aliphatic rings. The Morgan fingerprint density at radius 3 is 2.16 bits per heavy atom. The van der Waals surface area contributed by atoms with Crippen molar-refractivity contribution in [2.75, 3.05) is 11.4 Å². The number of imide groups is 1. The zero-order valence-electron chi connectivity index (χ0n) is 17.6. The minimum absolute atomic E-state index is 0.00217. The first kappa shape index (κ1) is 19.8. The molecule has 0 saturated carbocycles. The van der Waals surface area contributed by atoms with Crippen molar-refractivity contribution in [3.05, 3.63) is 65.2 Å². The van der Waals surface area contributed by atoms with E-state index in [2.05, 4.69) is 0 Å². The molecule has 31 heavy (non-hydrogen) atoms. The Kier molecular flexibility index (Phi) is 4.63. The molecule has 1 N–H and O–H groups in total. The molecule has 2 aromatic carbocycles. The molecule has 0 aromatic heterocycles. The average Bonchev–Trinajstić information content (AvgIpc) is 3.40. The quantitative estimate of drug-likeness (QED) is 0.606. The number of hydrogen-bond acceptors (Lipinski definition) is 4. The Balaban J connectivity index is 1.52. The number of nitrogens with zero attached hydrogens (tertiary/aromatic N) is 1. The highest BCUT2D eigenvalue weighted by atomic mass is 16.2. The van der Waals surface area contributed by atoms with Crippen LogP contribution in [-0.4, -0.2) is 42.0 Å². The van der Waals surface area contributed by atoms with Gasteiger partial charge in [0, 0.05) is 24.0 Å². The first-order valence-corrected chi connectivity index (χ1v) is 10.8. The van der Waals surface area contributed by atoms with Crippen LogP contribution in [0.15, 0.2) is 48.5 Å². The van der Waals surface area contributed by atoms with Gasteiger partial charge >= 0.3 is 0 Å². The molecule has 3 aliphatic heterocycles. The average molecular weight is 417 g/mol. The standard InChI is InChI=1S/C25H24N2O4/c1-14-5-7-17(8-6-14)23(29)22-21-20(19-4-3-13-26(19)22)24(30)27(25(21)31)18-11-9-16(10-12-18)15(2)28/h5-12,19-22H,3-4,13H2,1-2H3/p+1/t19-,20-,21+,22-/m1/s1. The van der Waals surface area contributed by atoms with Gasteiger partial charge in [-0.25, -0.2) is 4.90 Å². The van der Waals surface area contributed by atoms with E-state index in [1.54, 1.807) is 24.3 Å². The summed E-state index contributed by atoms with van der Waals surface area (Å²) in [5.74, 6) is -1.72. The molecule has 0 spiro atoms. The van der Waals surface area contributed by atoms with E-state index in [-0.39, 0.29) is 29.4 Å². The lowest BCUT2D eigenvalue weighted by Gasteiger charge is -2.25. The summed E-state index contributed by atoms with van der Waals surface area (Å²) in [5, 5.41) is 0. The number of anilines is 1. The summed E-state index contributed by atoms with van der Waals surface area (Å²) in [6, 6.07) is 13.5. The Hall–Kier alpha value is -3.12. The molecule has 0 radical (unpaired) electrons. The van der Waals surface area contributed by atoms with Crippen LogP contribution in [-0.2, 0) is 9.59 Å². The molecule has 158 valence electrons. The molecule has 3 saturated heterocycles. The Morgan fingerprint density at radius 1 is 0.903 bits per heavy atom. The fourth-order valence-electron chi connectivity index (χ4n) is 5.74. The van der Waals surface area contributed by atoms with Gasteiger partial charge in [-0.15, -0.1) is 0 Å². The number of rotatable bonds is 4. The topological polar surface area (TPSA) is 76.0 Å². The second-order valence-electron chi connectivity index (χ2n) is 8.95. The Labute approximate surface area is 180 Å². The summed E-state index contributed by atoms with van der Waals surface area (Å²) in [4.78, 5) is 54.4. The fourth-order valence-corrected chi connectivity index (χ4v) is 5.74. The van der Waals surface area contributed by atoms with Crippen LogP contribution in [0, 0.1) is 18.8 Å². The zero-order chi connectivity index (χ0) is 21.9. The molecule has 5 atom stereocenters. The lowest BCUT2D eigenvalue weighted by molar-refractivity contribution is -0.915. The molecular formula is C25H25N2O4+. The lowest BCUT2D eigenvalue weighted by Crippen LogP contribution is -3.16. The van der Waals surface area contributed by atoms with Crippen molar-refractivity contribution in [2.24, 2.45) is 11.8 Å². The second-order valence-corrected chi connectivity index (χ2v) is 8.95. The van der Waals surface area contributed by atoms with Crippen LogP contribution in [0.3, 0.4) is 0 Å². The van der Waals surface area contributed by atoms with E-state index in [1.807, 2.05) is 31.2 Å². The van der Waals surface area contributed by atoms with Gasteiger partial charge < -0.3 is 4.90 Å². The first-order valence-electron chi connectivity index (χ1n) is 10.8. The van der Waals surface area contributed by atoms with E-state index >= 15 is 0 Å². The number of nitrogens with one attached hydrogen (secondary N) is 1. The number of fused-ring (bicyclic) bond motifs is 3. The third kappa shape index (κ3) is 2.97. The number of quaternary nitrogens is 1. The van der Waals surface area contributed by atoms with Crippen molar-refractivity contribution in [3.63, 3.8) is 0 Å². The van der Waals surface area contributed by atoms with Gasteiger partial charge in [0.2, 0.25) is 17.6 Å². The van der Waals surface area contributed by atoms with Crippen LogP contribution in [0.4, 0.5) is 5.69 Å². The maximum absolute atomic E-state index is 13.5. The van der Waals surface area contributed by atoms with Crippen LogP contribution in [0.5, 0.6) is 0 Å². The summed E-state index contributed by atoms with van der Waals surface area (Å²) in [6.07, 6.45) is 1.81. The number of amides is 2. The third-order valence-corrected chi connectivity index (χ3v) is 7.20. The highest BCUT2D eigenvalue weighted by Gasteiger charge is 2.68. The van der Waals surface area contributed by atoms with E-state index < -0.39 is 17.9 Å². The van der Waals surface area contributed by atoms with Gasteiger partial charge in [-0.3, -0.25) is 19.2 Å². The molecule has 5 rings (SSSR count). The predicted molar refractivity (Wildman–Crippen MR) is 114 cm³/mol. The van der Waals surface area contributed by atoms with Crippen LogP contribution in [0.25, 0.3) is 0 Å². The van der Waals surface area contributed by atoms with Gasteiger partial charge in [0.15, 0.2) is 11.8 Å². The molecule has 0 bridgehead atoms. The highest BCUT2D eigenvalue weighted by molar-refractivity contribution is 6.24. The molecule has 6 heteroatoms. The monoisotopic (exact) mass is 417 g/mol. The summed E-state index contributed by atoms with van der Waals surface area (Å²) >= 11 is 0. The zero-order valence-corrected chi connectivity index (χ0v) is 17.6. The number of ketones is 2. The molecule has 2 amide bonds. The van der Waals surface area contributed by atoms with E-state index in [0.29, 0.717) is 16.8 Å². The summed E-state index contributed by atoms with van der Waals surface area (Å²) in [5.41, 5.74) is 2.66. The fraction of sp³-hybridized carbons (Fsp3) is 0.360. The van der Waals surface area contributed by atoms with Crippen molar-refractivity contribution in [1.82, 2.24) is 0 Å². The number of carbonyl (C=O) groups excluding carboxylic acids is 4. The van der Waals surface area contributed by atoms with Crippen molar-refractivity contribution in [1.29, 1.82) is 0 Å². The van der Waals surface area contributed by atoms with Gasteiger partial charge in [-0.1, -0.05) is 29.8 Å². The van der Waals surface area contributed by atoms with Gasteiger partial charge in [0.05, 0.1) is 12.2 Å². The largest absolute Gasteiger partial charge is 0.322 e. The number of hydrogen-bond donors (Lipinski definition) is 1. The van der Waals surface area contributed by atoms with Crippen molar-refractivity contribution >= 4 is 29.1 Å². The molecule has 2 aromatic rings. The van der Waals surface area contributed by atoms with Crippen LogP contribution in [0.1, 0.15) is 46.0 Å². The van der Waals surface area contributed by atoms with Crippen molar-refractivity contribution < 1.29 is 24.1 Å². The Morgan fingerprint density at radius 2 is 1.52 bits per heavy atom. The maximum Gasteiger partial charge on any atom is 0.244 e. The molecule has 0 aliphatic carbocycles. The molecule has 3 heterocycles. The summed E-state index contributed by atoms with van der Waals surface area (Å²) < 4.78 is 0. The minimum Gasteiger partial charge on any atom is -0.322 e. The highest BCUT2D eigenvalue weighted by Crippen LogP contribution is 2.40. The molecule has 6 nitrogen and oxygen atoms in total. The minimum atomic E-state index is -0.630. The second kappa shape index (κ2) is 7.24. The number of aryl methyl sites for hydroxylation is 1. The van der Waals surface area contributed by atoms with Gasteiger partial charge in [-0.2, -0.15) is 0 Å². The van der Waals surface area contributed by atoms with E-state index in [4.69, 9.17) is 0 Å². The summed E-state index contributed by atoms with van der Waals surface area (Å²) in [6.45, 7) is 4.26. The van der Waals surface area contributed by atoms with Gasteiger partial charge in [-0.05, 0) is 38.1 Å². The lowest BCUT2D eigenvalue weighted by atomic mass is 9.85. The Bertz CT molecular complexity index is 1090. The smallest absolute Gasteiger partial charge is 0.244 e. The van der Waals surface area contributed by atoms with Crippen LogP contribution in [0.2, 0.25) is 0 Å². The molecule has 3 fully saturated rings. The maximum atomic E-state index is 13.5. The van der Waals surface area contributed by atoms with Gasteiger partial charge in [0.25, 0.3) is 0 Å². The van der Waals surface area contributed by atoms with Crippen LogP contribution < -0.4 is 9.80 Å². The van der Waals surface area contributed by atoms with Crippen molar-refractivity contribution in [2.45, 2.75) is 38.8 Å². The number of Topliss-reactive ketones (excluding diaryl/α,β-unsaturated/α-hetero) is 2. The van der Waals surface area contributed by atoms with E-state index in [0.717, 1.165) is 29.8 Å². The summed E-state index contributed by atoms with van der Waals surface area (Å²) in [7, 11) is 0. The first-order chi connectivity index (χ1) is 14.9. The predicted octanol–water partition coefficient (Wildman–Crippen LogP) is 1.62. The van der Waals surface area contributed by atoms with Crippen LogP contribution >= 0.6 is 0 Å². The number of benzene rings is 2. The SMILES string of the molecule is CC(=O)c1ccc(N2C(=O)[C@H]3[C@H](C2=O)[C@H](C(=O)c2ccc(C)cc2)[NH+]2CCC[C@H]32)cc1. The number of carbonyl (C=O) groups is 4. The van der Waals surface area contributed by atoms with E-state index in [9.17, 15) is 19.2 Å². The third-order valence-electron chi connectivity index (χ3n) is 7.20. The molecular weight excluding hydrogens is 392 g/mol. The van der Waals surface area contributed by atoms with E-state index in [1.165, 1.54) is 11.8 Å².